The fourth-order valence-corrected chi connectivity index (χ4v) is 18.4. The van der Waals surface area contributed by atoms with Gasteiger partial charge in [0.25, 0.3) is 0 Å². The van der Waals surface area contributed by atoms with E-state index in [4.69, 9.17) is 4.74 Å². The van der Waals surface area contributed by atoms with Crippen molar-refractivity contribution < 1.29 is 19.4 Å². The number of carboxylic acids is 1. The van der Waals surface area contributed by atoms with Crippen LogP contribution in [0.3, 0.4) is 0 Å². The summed E-state index contributed by atoms with van der Waals surface area (Å²) in [7, 11) is 0. The van der Waals surface area contributed by atoms with Crippen LogP contribution in [0.4, 0.5) is 4.79 Å². The molecule has 2 N–H and O–H groups in total. The number of aliphatic carboxylic acids is 1. The van der Waals surface area contributed by atoms with Crippen molar-refractivity contribution in [3.05, 3.63) is 81.4 Å². The number of carbonyl (C=O) groups is 2. The lowest BCUT2D eigenvalue weighted by Gasteiger charge is -2.22. The number of nitrogens with zero attached hydrogens (tertiary/aromatic N) is 3. The highest BCUT2D eigenvalue weighted by molar-refractivity contribution is 7.31. The van der Waals surface area contributed by atoms with Gasteiger partial charge in [0.15, 0.2) is 0 Å². The molecule has 0 aliphatic rings. The lowest BCUT2D eigenvalue weighted by atomic mass is 10.0. The van der Waals surface area contributed by atoms with Crippen LogP contribution in [0.2, 0.25) is 0 Å². The number of aromatic nitrogens is 3. The van der Waals surface area contributed by atoms with Crippen LogP contribution in [-0.2, 0) is 48.2 Å². The normalized spacial score (nSPS) is 12.3. The SMILES string of the molecule is CCCCCCc1cc(C)sc1-c1cc(CCCCCC)c(-c2cc(CCCCCC)c(-c3cc(CCCCCC)c(-c4cc(CCCCCC)c(-c5ccc(-c6cn(CCCC[C@H](NC(=O)OC(C)(C)C)C(=O)O)nn6)s5)s4)s3)s2)s1. The Morgan fingerprint density at radius 3 is 1.30 bits per heavy atom. The van der Waals surface area contributed by atoms with Gasteiger partial charge in [-0.3, -0.25) is 4.68 Å². The molecule has 0 fully saturated rings. The molecule has 1 atom stereocenters. The van der Waals surface area contributed by atoms with Gasteiger partial charge in [-0.1, -0.05) is 136 Å². The largest absolute Gasteiger partial charge is 0.480 e. The van der Waals surface area contributed by atoms with Crippen molar-refractivity contribution in [3.8, 4) is 59.3 Å². The zero-order valence-electron chi connectivity index (χ0n) is 51.2. The number of carbonyl (C=O) groups excluding carboxylic acids is 1. The Morgan fingerprint density at radius 2 is 0.902 bits per heavy atom. The van der Waals surface area contributed by atoms with E-state index in [1.54, 1.807) is 48.8 Å². The van der Waals surface area contributed by atoms with E-state index in [0.717, 1.165) is 36.3 Å². The minimum atomic E-state index is -1.07. The summed E-state index contributed by atoms with van der Waals surface area (Å²) < 4.78 is 7.15. The first-order valence-corrected chi connectivity index (χ1v) is 36.5. The van der Waals surface area contributed by atoms with Crippen molar-refractivity contribution >= 4 is 80.1 Å². The molecule has 0 unspecified atom stereocenters. The Hall–Kier alpha value is -3.92. The van der Waals surface area contributed by atoms with Crippen LogP contribution in [-0.4, -0.2) is 43.8 Å². The topological polar surface area (TPSA) is 106 Å². The van der Waals surface area contributed by atoms with Gasteiger partial charge in [-0.05, 0) is 181 Å². The Labute approximate surface area is 517 Å². The molecular weight excluding hydrogens is 1130 g/mol. The highest BCUT2D eigenvalue weighted by atomic mass is 32.1. The first-order valence-electron chi connectivity index (χ1n) is 31.6. The van der Waals surface area contributed by atoms with Gasteiger partial charge < -0.3 is 15.2 Å². The third-order valence-electron chi connectivity index (χ3n) is 15.3. The highest BCUT2D eigenvalue weighted by Crippen LogP contribution is 2.52. The van der Waals surface area contributed by atoms with Crippen LogP contribution in [0.5, 0.6) is 0 Å². The molecular formula is C68H96N4O4S6. The molecule has 7 aromatic heterocycles. The summed E-state index contributed by atoms with van der Waals surface area (Å²) in [5, 5.41) is 21.4. The van der Waals surface area contributed by atoms with Crippen LogP contribution >= 0.6 is 68.0 Å². The summed E-state index contributed by atoms with van der Waals surface area (Å²) >= 11 is 12.0. The maximum atomic E-state index is 12.3. The molecule has 7 aromatic rings. The third kappa shape index (κ3) is 19.6. The van der Waals surface area contributed by atoms with Crippen LogP contribution in [0.1, 0.15) is 236 Å². The number of aryl methyl sites for hydroxylation is 7. The number of amides is 1. The molecule has 7 rings (SSSR count). The number of carboxylic acid groups (broad SMARTS) is 1. The lowest BCUT2D eigenvalue weighted by molar-refractivity contribution is -0.139. The van der Waals surface area contributed by atoms with E-state index in [0.29, 0.717) is 25.8 Å². The number of ether oxygens (including phenoxy) is 1. The molecule has 14 heteroatoms. The zero-order chi connectivity index (χ0) is 58.4. The molecule has 0 aromatic carbocycles. The number of nitrogens with one attached hydrogen (secondary N) is 1. The van der Waals surface area contributed by atoms with E-state index in [1.807, 2.05) is 33.6 Å². The summed E-state index contributed by atoms with van der Waals surface area (Å²) in [6.45, 7) is 19.8. The molecule has 448 valence electrons. The van der Waals surface area contributed by atoms with E-state index in [9.17, 15) is 14.7 Å². The van der Waals surface area contributed by atoms with Crippen LogP contribution < -0.4 is 5.32 Å². The smallest absolute Gasteiger partial charge is 0.408 e. The first-order chi connectivity index (χ1) is 39.7. The van der Waals surface area contributed by atoms with Crippen molar-refractivity contribution in [2.45, 2.75) is 260 Å². The molecule has 7 heterocycles. The van der Waals surface area contributed by atoms with E-state index < -0.39 is 23.7 Å². The number of alkyl carbamates (subject to hydrolysis) is 1. The molecule has 0 spiro atoms. The van der Waals surface area contributed by atoms with Gasteiger partial charge in [0.1, 0.15) is 17.3 Å². The summed E-state index contributed by atoms with van der Waals surface area (Å²) in [6, 6.07) is 16.4. The van der Waals surface area contributed by atoms with Gasteiger partial charge in [-0.2, -0.15) is 0 Å². The van der Waals surface area contributed by atoms with Crippen molar-refractivity contribution in [1.82, 2.24) is 20.3 Å². The Kier molecular flexibility index (Phi) is 27.0. The van der Waals surface area contributed by atoms with Gasteiger partial charge in [0, 0.05) is 60.2 Å². The summed E-state index contributed by atoms with van der Waals surface area (Å²) in [5.74, 6) is -1.07. The minimum absolute atomic E-state index is 0.295. The molecule has 0 aliphatic heterocycles. The predicted octanol–water partition coefficient (Wildman–Crippen LogP) is 22.7. The summed E-state index contributed by atoms with van der Waals surface area (Å²) in [5.41, 5.74) is 7.77. The van der Waals surface area contributed by atoms with E-state index in [2.05, 4.69) is 134 Å². The van der Waals surface area contributed by atoms with E-state index >= 15 is 0 Å². The van der Waals surface area contributed by atoms with Crippen molar-refractivity contribution in [2.24, 2.45) is 0 Å². The number of rotatable bonds is 38. The van der Waals surface area contributed by atoms with Gasteiger partial charge in [0.05, 0.1) is 11.1 Å². The summed E-state index contributed by atoms with van der Waals surface area (Å²) in [4.78, 5) is 41.3. The third-order valence-corrected chi connectivity index (χ3v) is 23.1. The maximum Gasteiger partial charge on any atom is 0.408 e. The molecule has 0 saturated carbocycles. The monoisotopic (exact) mass is 1220 g/mol. The quantitative estimate of drug-likeness (QED) is 0.0374. The maximum absolute atomic E-state index is 12.3. The number of hydrogen-bond acceptors (Lipinski definition) is 11. The van der Waals surface area contributed by atoms with Gasteiger partial charge in [-0.25, -0.2) is 9.59 Å². The minimum Gasteiger partial charge on any atom is -0.480 e. The fourth-order valence-electron chi connectivity index (χ4n) is 10.9. The predicted molar refractivity (Wildman–Crippen MR) is 359 cm³/mol. The molecule has 8 nitrogen and oxygen atoms in total. The molecule has 0 bridgehead atoms. The van der Waals surface area contributed by atoms with Crippen molar-refractivity contribution in [2.75, 3.05) is 0 Å². The van der Waals surface area contributed by atoms with Gasteiger partial charge >= 0.3 is 12.1 Å². The number of unbranched alkanes of at least 4 members (excludes halogenated alkanes) is 16. The van der Waals surface area contributed by atoms with Gasteiger partial charge in [-0.15, -0.1) is 73.1 Å². The van der Waals surface area contributed by atoms with E-state index in [1.165, 1.54) is 200 Å². The fraction of sp³-hybridized carbons (Fsp3) is 0.588. The number of thiophene rings is 6. The molecule has 0 radical (unpaired) electrons. The van der Waals surface area contributed by atoms with Crippen LogP contribution in [0, 0.1) is 6.92 Å². The van der Waals surface area contributed by atoms with Crippen molar-refractivity contribution in [3.63, 3.8) is 0 Å². The number of hydrogen-bond donors (Lipinski definition) is 2. The average molecular weight is 1230 g/mol. The zero-order valence-corrected chi connectivity index (χ0v) is 56.1. The molecule has 1 amide bonds. The van der Waals surface area contributed by atoms with Gasteiger partial charge in [0.2, 0.25) is 0 Å². The van der Waals surface area contributed by atoms with Crippen LogP contribution in [0.15, 0.2) is 48.7 Å². The Morgan fingerprint density at radius 1 is 0.512 bits per heavy atom. The highest BCUT2D eigenvalue weighted by Gasteiger charge is 2.26. The second kappa shape index (κ2) is 33.7. The molecule has 82 heavy (non-hydrogen) atoms. The molecule has 0 aliphatic carbocycles. The average Bonchev–Trinajstić information content (AvgIpc) is 4.51. The van der Waals surface area contributed by atoms with E-state index in [-0.39, 0.29) is 0 Å². The van der Waals surface area contributed by atoms with Crippen molar-refractivity contribution in [1.29, 1.82) is 0 Å². The Balaban J connectivity index is 1.20. The second-order valence-corrected chi connectivity index (χ2v) is 30.2. The second-order valence-electron chi connectivity index (χ2n) is 23.7. The van der Waals surface area contributed by atoms with Crippen LogP contribution in [0.25, 0.3) is 59.3 Å². The first kappa shape index (κ1) is 65.6. The Bertz CT molecular complexity index is 3020. The molecule has 0 saturated heterocycles. The standard InChI is InChI=1S/C68H96N4O4S6/c1-10-15-20-25-32-48-41-47(6)77-62(48)57-43-50(34-27-22-17-12-3)64(80-57)59-45-52(36-29-24-19-14-5)65(82-59)60-44-51(35-28-23-18-13-4)63(81-60)58-42-49(33-26-21-16-11-2)61(79-58)56-39-38-55(78-56)54-46-72(71-70-54)40-31-30-37-53(66(73)74)69-67(75)76-68(7,8)9/h38-39,41-46,53H,10-37,40H2,1-9H3,(H,69,75)(H,73,74)/t53-/m0/s1. The summed E-state index contributed by atoms with van der Waals surface area (Å²) in [6.07, 6.45) is 33.7. The lowest BCUT2D eigenvalue weighted by Crippen LogP contribution is -2.43.